The zero-order chi connectivity index (χ0) is 14.5. The van der Waals surface area contributed by atoms with Crippen molar-refractivity contribution >= 4 is 11.6 Å². The van der Waals surface area contributed by atoms with Crippen molar-refractivity contribution in [3.8, 4) is 0 Å². The molecule has 4 nitrogen and oxygen atoms in total. The molecular formula is C16H23N3O. The molecule has 108 valence electrons. The Hall–Kier alpha value is -1.84. The van der Waals surface area contributed by atoms with Crippen LogP contribution in [0.2, 0.25) is 0 Å². The lowest BCUT2D eigenvalue weighted by atomic mass is 10.2. The van der Waals surface area contributed by atoms with Crippen LogP contribution in [0.1, 0.15) is 49.8 Å². The quantitative estimate of drug-likeness (QED) is 0.810. The van der Waals surface area contributed by atoms with E-state index in [1.54, 1.807) is 0 Å². The van der Waals surface area contributed by atoms with Crippen molar-refractivity contribution in [2.75, 3.05) is 13.1 Å². The van der Waals surface area contributed by atoms with Gasteiger partial charge in [-0.15, -0.1) is 0 Å². The lowest BCUT2D eigenvalue weighted by molar-refractivity contribution is 0.0747. The SMILES string of the molecule is CCCN(CCC)C(=O)c1c(CC)nc2ccccn12. The molecule has 1 amide bonds. The summed E-state index contributed by atoms with van der Waals surface area (Å²) in [7, 11) is 0. The van der Waals surface area contributed by atoms with Gasteiger partial charge in [0, 0.05) is 19.3 Å². The third-order valence-corrected chi connectivity index (χ3v) is 3.41. The highest BCUT2D eigenvalue weighted by atomic mass is 16.2. The Bertz CT molecular complexity index is 582. The second kappa shape index (κ2) is 6.55. The molecular weight excluding hydrogens is 250 g/mol. The highest BCUT2D eigenvalue weighted by Crippen LogP contribution is 2.16. The van der Waals surface area contributed by atoms with Crippen LogP contribution in [0.5, 0.6) is 0 Å². The monoisotopic (exact) mass is 273 g/mol. The molecule has 0 aliphatic rings. The Morgan fingerprint density at radius 2 is 1.90 bits per heavy atom. The van der Waals surface area contributed by atoms with Crippen LogP contribution in [0.25, 0.3) is 5.65 Å². The summed E-state index contributed by atoms with van der Waals surface area (Å²) in [5, 5.41) is 0. The van der Waals surface area contributed by atoms with Gasteiger partial charge in [-0.1, -0.05) is 26.8 Å². The number of amides is 1. The fourth-order valence-corrected chi connectivity index (χ4v) is 2.52. The Balaban J connectivity index is 2.46. The van der Waals surface area contributed by atoms with Gasteiger partial charge >= 0.3 is 0 Å². The standard InChI is InChI=1S/C16H23N3O/c1-4-10-18(11-5-2)16(20)15-13(6-3)17-14-9-7-8-12-19(14)15/h7-9,12H,4-6,10-11H2,1-3H3. The maximum atomic E-state index is 12.8. The molecule has 2 heterocycles. The van der Waals surface area contributed by atoms with Gasteiger partial charge in [0.2, 0.25) is 0 Å². The molecule has 0 radical (unpaired) electrons. The fourth-order valence-electron chi connectivity index (χ4n) is 2.52. The third kappa shape index (κ3) is 2.69. The maximum absolute atomic E-state index is 12.8. The molecule has 2 rings (SSSR count). The number of carbonyl (C=O) groups is 1. The van der Waals surface area contributed by atoms with Gasteiger partial charge in [0.05, 0.1) is 5.69 Å². The number of aryl methyl sites for hydroxylation is 1. The number of hydrogen-bond donors (Lipinski definition) is 0. The fraction of sp³-hybridized carbons (Fsp3) is 0.500. The van der Waals surface area contributed by atoms with Crippen LogP contribution in [-0.2, 0) is 6.42 Å². The first-order valence-electron chi connectivity index (χ1n) is 7.48. The van der Waals surface area contributed by atoms with E-state index >= 15 is 0 Å². The Morgan fingerprint density at radius 3 is 2.50 bits per heavy atom. The van der Waals surface area contributed by atoms with Crippen LogP contribution < -0.4 is 0 Å². The second-order valence-electron chi connectivity index (χ2n) is 4.98. The Labute approximate surface area is 120 Å². The summed E-state index contributed by atoms with van der Waals surface area (Å²) in [6.45, 7) is 7.85. The van der Waals surface area contributed by atoms with E-state index in [1.165, 1.54) is 0 Å². The third-order valence-electron chi connectivity index (χ3n) is 3.41. The lowest BCUT2D eigenvalue weighted by Crippen LogP contribution is -2.33. The minimum Gasteiger partial charge on any atom is -0.337 e. The summed E-state index contributed by atoms with van der Waals surface area (Å²) in [6, 6.07) is 5.83. The molecule has 0 fully saturated rings. The number of carbonyl (C=O) groups excluding carboxylic acids is 1. The minimum atomic E-state index is 0.101. The summed E-state index contributed by atoms with van der Waals surface area (Å²) >= 11 is 0. The number of rotatable bonds is 6. The molecule has 4 heteroatoms. The van der Waals surface area contributed by atoms with Crippen LogP contribution in [0.4, 0.5) is 0 Å². The first-order valence-corrected chi connectivity index (χ1v) is 7.48. The molecule has 0 aromatic carbocycles. The van der Waals surface area contributed by atoms with Gasteiger partial charge < -0.3 is 4.90 Å². The largest absolute Gasteiger partial charge is 0.337 e. The van der Waals surface area contributed by atoms with E-state index in [4.69, 9.17) is 0 Å². The smallest absolute Gasteiger partial charge is 0.272 e. The van der Waals surface area contributed by atoms with Gasteiger partial charge in [0.1, 0.15) is 11.3 Å². The molecule has 2 aromatic heterocycles. The van der Waals surface area contributed by atoms with Crippen molar-refractivity contribution in [2.24, 2.45) is 0 Å². The van der Waals surface area contributed by atoms with E-state index in [1.807, 2.05) is 40.6 Å². The highest BCUT2D eigenvalue weighted by molar-refractivity contribution is 5.94. The summed E-state index contributed by atoms with van der Waals surface area (Å²) in [5.74, 6) is 0.101. The van der Waals surface area contributed by atoms with Crippen molar-refractivity contribution in [1.29, 1.82) is 0 Å². The number of hydrogen-bond acceptors (Lipinski definition) is 2. The predicted octanol–water partition coefficient (Wildman–Crippen LogP) is 3.16. The molecule has 2 aromatic rings. The maximum Gasteiger partial charge on any atom is 0.272 e. The molecule has 0 saturated heterocycles. The van der Waals surface area contributed by atoms with Crippen molar-refractivity contribution < 1.29 is 4.79 Å². The van der Waals surface area contributed by atoms with Gasteiger partial charge in [0.25, 0.3) is 5.91 Å². The van der Waals surface area contributed by atoms with Crippen molar-refractivity contribution in [3.63, 3.8) is 0 Å². The number of imidazole rings is 1. The Morgan fingerprint density at radius 1 is 1.20 bits per heavy atom. The average Bonchev–Trinajstić information content (AvgIpc) is 2.84. The lowest BCUT2D eigenvalue weighted by Gasteiger charge is -2.21. The summed E-state index contributed by atoms with van der Waals surface area (Å²) in [4.78, 5) is 19.4. The molecule has 0 spiro atoms. The zero-order valence-corrected chi connectivity index (χ0v) is 12.6. The molecule has 0 saturated carbocycles. The van der Waals surface area contributed by atoms with E-state index in [0.29, 0.717) is 0 Å². The highest BCUT2D eigenvalue weighted by Gasteiger charge is 2.22. The minimum absolute atomic E-state index is 0.101. The molecule has 0 aliphatic carbocycles. The molecule has 0 unspecified atom stereocenters. The number of fused-ring (bicyclic) bond motifs is 1. The number of nitrogens with zero attached hydrogens (tertiary/aromatic N) is 3. The number of pyridine rings is 1. The second-order valence-corrected chi connectivity index (χ2v) is 4.98. The van der Waals surface area contributed by atoms with Gasteiger partial charge in [-0.25, -0.2) is 4.98 Å². The molecule has 0 aliphatic heterocycles. The normalized spacial score (nSPS) is 10.9. The van der Waals surface area contributed by atoms with Gasteiger partial charge in [-0.2, -0.15) is 0 Å². The Kier molecular flexibility index (Phi) is 4.77. The topological polar surface area (TPSA) is 37.6 Å². The van der Waals surface area contributed by atoms with Gasteiger partial charge in [0.15, 0.2) is 0 Å². The first-order chi connectivity index (χ1) is 9.72. The van der Waals surface area contributed by atoms with Gasteiger partial charge in [-0.05, 0) is 31.4 Å². The summed E-state index contributed by atoms with van der Waals surface area (Å²) in [6.07, 6.45) is 4.65. The van der Waals surface area contributed by atoms with E-state index in [9.17, 15) is 4.79 Å². The summed E-state index contributed by atoms with van der Waals surface area (Å²) < 4.78 is 1.92. The van der Waals surface area contributed by atoms with Crippen LogP contribution >= 0.6 is 0 Å². The predicted molar refractivity (Wildman–Crippen MR) is 81.1 cm³/mol. The van der Waals surface area contributed by atoms with Crippen molar-refractivity contribution in [2.45, 2.75) is 40.0 Å². The van der Waals surface area contributed by atoms with E-state index in [0.717, 1.165) is 49.4 Å². The average molecular weight is 273 g/mol. The van der Waals surface area contributed by atoms with Gasteiger partial charge in [-0.3, -0.25) is 9.20 Å². The molecule has 20 heavy (non-hydrogen) atoms. The van der Waals surface area contributed by atoms with Crippen LogP contribution in [0.3, 0.4) is 0 Å². The van der Waals surface area contributed by atoms with Crippen LogP contribution in [0, 0.1) is 0 Å². The van der Waals surface area contributed by atoms with E-state index < -0.39 is 0 Å². The first kappa shape index (κ1) is 14.6. The van der Waals surface area contributed by atoms with Crippen LogP contribution in [-0.4, -0.2) is 33.3 Å². The molecule has 0 N–H and O–H groups in total. The number of aromatic nitrogens is 2. The zero-order valence-electron chi connectivity index (χ0n) is 12.6. The van der Waals surface area contributed by atoms with E-state index in [2.05, 4.69) is 18.8 Å². The van der Waals surface area contributed by atoms with E-state index in [-0.39, 0.29) is 5.91 Å². The molecule has 0 atom stereocenters. The van der Waals surface area contributed by atoms with Crippen molar-refractivity contribution in [1.82, 2.24) is 14.3 Å². The van der Waals surface area contributed by atoms with Crippen molar-refractivity contribution in [3.05, 3.63) is 35.8 Å². The van der Waals surface area contributed by atoms with Crippen LogP contribution in [0.15, 0.2) is 24.4 Å². The summed E-state index contributed by atoms with van der Waals surface area (Å²) in [5.41, 5.74) is 2.46. The molecule has 0 bridgehead atoms.